The smallest absolute Gasteiger partial charge is 0.248 e. The van der Waals surface area contributed by atoms with Crippen LogP contribution in [0.5, 0.6) is 0 Å². The molecule has 0 aromatic heterocycles. The van der Waals surface area contributed by atoms with Crippen molar-refractivity contribution in [2.75, 3.05) is 20.3 Å². The summed E-state index contributed by atoms with van der Waals surface area (Å²) in [5.74, 6) is 0.0253. The van der Waals surface area contributed by atoms with Crippen LogP contribution in [0.15, 0.2) is 0 Å². The fourth-order valence-electron chi connectivity index (χ4n) is 1.79. The zero-order valence-corrected chi connectivity index (χ0v) is 10.9. The van der Waals surface area contributed by atoms with E-state index in [2.05, 4.69) is 0 Å². The highest BCUT2D eigenvalue weighted by molar-refractivity contribution is 5.77. The van der Waals surface area contributed by atoms with Gasteiger partial charge in [-0.3, -0.25) is 4.79 Å². The van der Waals surface area contributed by atoms with Gasteiger partial charge in [-0.25, -0.2) is 0 Å². The summed E-state index contributed by atoms with van der Waals surface area (Å²) in [7, 11) is 1.82. The van der Waals surface area contributed by atoms with E-state index in [0.717, 1.165) is 13.0 Å². The highest BCUT2D eigenvalue weighted by atomic mass is 16.5. The number of hydrogen-bond acceptors (Lipinski definition) is 3. The van der Waals surface area contributed by atoms with Crippen LogP contribution >= 0.6 is 0 Å². The molecule has 1 rings (SSSR count). The number of nitrogens with zero attached hydrogens (tertiary/aromatic N) is 1. The summed E-state index contributed by atoms with van der Waals surface area (Å²) < 4.78 is 10.9. The summed E-state index contributed by atoms with van der Waals surface area (Å²) >= 11 is 0. The van der Waals surface area contributed by atoms with E-state index in [1.807, 2.05) is 34.7 Å². The molecule has 1 aliphatic rings. The molecule has 2 unspecified atom stereocenters. The number of carbonyl (C=O) groups excluding carboxylic acids is 1. The van der Waals surface area contributed by atoms with Gasteiger partial charge in [-0.05, 0) is 34.1 Å². The molecule has 0 aromatic carbocycles. The topological polar surface area (TPSA) is 38.8 Å². The SMILES string of the molecule is CC1OCCC1N(C)C(=O)COC(C)(C)C. The number of hydrogen-bond donors (Lipinski definition) is 0. The van der Waals surface area contributed by atoms with Crippen LogP contribution in [0, 0.1) is 0 Å². The molecule has 1 aliphatic heterocycles. The van der Waals surface area contributed by atoms with E-state index in [1.165, 1.54) is 0 Å². The van der Waals surface area contributed by atoms with E-state index in [4.69, 9.17) is 9.47 Å². The van der Waals surface area contributed by atoms with Crippen molar-refractivity contribution in [3.8, 4) is 0 Å². The van der Waals surface area contributed by atoms with Gasteiger partial charge in [0.25, 0.3) is 0 Å². The first-order chi connectivity index (χ1) is 7.31. The number of likely N-dealkylation sites (N-methyl/N-ethyl adjacent to an activating group) is 1. The van der Waals surface area contributed by atoms with E-state index in [0.29, 0.717) is 0 Å². The van der Waals surface area contributed by atoms with Gasteiger partial charge in [0.05, 0.1) is 17.7 Å². The first kappa shape index (κ1) is 13.5. The number of ether oxygens (including phenoxy) is 2. The van der Waals surface area contributed by atoms with Gasteiger partial charge in [0.1, 0.15) is 6.61 Å². The number of rotatable bonds is 3. The molecule has 94 valence electrons. The lowest BCUT2D eigenvalue weighted by Gasteiger charge is -2.28. The molecule has 1 heterocycles. The molecular weight excluding hydrogens is 206 g/mol. The van der Waals surface area contributed by atoms with Crippen molar-refractivity contribution < 1.29 is 14.3 Å². The predicted octanol–water partition coefficient (Wildman–Crippen LogP) is 1.44. The minimum absolute atomic E-state index is 0.0253. The molecule has 1 amide bonds. The van der Waals surface area contributed by atoms with Crippen LogP contribution in [0.4, 0.5) is 0 Å². The van der Waals surface area contributed by atoms with Gasteiger partial charge in [-0.1, -0.05) is 0 Å². The van der Waals surface area contributed by atoms with Crippen molar-refractivity contribution in [1.29, 1.82) is 0 Å². The molecule has 0 radical (unpaired) electrons. The van der Waals surface area contributed by atoms with Gasteiger partial charge < -0.3 is 14.4 Å². The summed E-state index contributed by atoms with van der Waals surface area (Å²) in [6.45, 7) is 8.73. The quantitative estimate of drug-likeness (QED) is 0.735. The molecule has 16 heavy (non-hydrogen) atoms. The second-order valence-corrected chi connectivity index (χ2v) is 5.34. The second-order valence-electron chi connectivity index (χ2n) is 5.34. The van der Waals surface area contributed by atoms with Crippen LogP contribution in [-0.4, -0.2) is 48.8 Å². The predicted molar refractivity (Wildman–Crippen MR) is 62.3 cm³/mol. The molecule has 2 atom stereocenters. The maximum absolute atomic E-state index is 11.9. The van der Waals surface area contributed by atoms with E-state index in [-0.39, 0.29) is 30.3 Å². The Hall–Kier alpha value is -0.610. The molecule has 0 saturated carbocycles. The Morgan fingerprint density at radius 3 is 2.56 bits per heavy atom. The Morgan fingerprint density at radius 2 is 2.12 bits per heavy atom. The van der Waals surface area contributed by atoms with Crippen molar-refractivity contribution in [2.24, 2.45) is 0 Å². The van der Waals surface area contributed by atoms with Crippen LogP contribution in [0.2, 0.25) is 0 Å². The second kappa shape index (κ2) is 5.15. The lowest BCUT2D eigenvalue weighted by Crippen LogP contribution is -2.43. The Bertz CT molecular complexity index is 247. The minimum atomic E-state index is -0.270. The Balaban J connectivity index is 2.41. The Kier molecular flexibility index (Phi) is 4.33. The minimum Gasteiger partial charge on any atom is -0.376 e. The molecule has 1 fully saturated rings. The monoisotopic (exact) mass is 229 g/mol. The summed E-state index contributed by atoms with van der Waals surface area (Å²) in [4.78, 5) is 13.6. The first-order valence-electron chi connectivity index (χ1n) is 5.82. The van der Waals surface area contributed by atoms with Crippen molar-refractivity contribution in [3.05, 3.63) is 0 Å². The third-order valence-corrected chi connectivity index (χ3v) is 2.86. The van der Waals surface area contributed by atoms with Gasteiger partial charge >= 0.3 is 0 Å². The van der Waals surface area contributed by atoms with Crippen LogP contribution < -0.4 is 0 Å². The standard InChI is InChI=1S/C12H23NO3/c1-9-10(6-7-15-9)13(5)11(14)8-16-12(2,3)4/h9-10H,6-8H2,1-5H3. The molecule has 0 bridgehead atoms. The molecule has 0 N–H and O–H groups in total. The number of carbonyl (C=O) groups is 1. The van der Waals surface area contributed by atoms with E-state index >= 15 is 0 Å². The van der Waals surface area contributed by atoms with E-state index < -0.39 is 0 Å². The highest BCUT2D eigenvalue weighted by Gasteiger charge is 2.30. The van der Waals surface area contributed by atoms with Crippen LogP contribution in [-0.2, 0) is 14.3 Å². The van der Waals surface area contributed by atoms with Crippen molar-refractivity contribution >= 4 is 5.91 Å². The first-order valence-corrected chi connectivity index (χ1v) is 5.82. The van der Waals surface area contributed by atoms with Crippen molar-refractivity contribution in [1.82, 2.24) is 4.90 Å². The lowest BCUT2D eigenvalue weighted by molar-refractivity contribution is -0.142. The van der Waals surface area contributed by atoms with Crippen molar-refractivity contribution in [2.45, 2.75) is 51.9 Å². The Morgan fingerprint density at radius 1 is 1.50 bits per heavy atom. The fraction of sp³-hybridized carbons (Fsp3) is 0.917. The zero-order chi connectivity index (χ0) is 12.3. The fourth-order valence-corrected chi connectivity index (χ4v) is 1.79. The normalized spacial score (nSPS) is 25.8. The summed E-state index contributed by atoms with van der Waals surface area (Å²) in [5, 5.41) is 0. The largest absolute Gasteiger partial charge is 0.376 e. The lowest BCUT2D eigenvalue weighted by atomic mass is 10.1. The third-order valence-electron chi connectivity index (χ3n) is 2.86. The van der Waals surface area contributed by atoms with Gasteiger partial charge in [-0.2, -0.15) is 0 Å². The molecule has 0 aliphatic carbocycles. The average Bonchev–Trinajstić information content (AvgIpc) is 2.58. The van der Waals surface area contributed by atoms with Gasteiger partial charge in [0.2, 0.25) is 5.91 Å². The summed E-state index contributed by atoms with van der Waals surface area (Å²) in [5.41, 5.74) is -0.270. The average molecular weight is 229 g/mol. The maximum Gasteiger partial charge on any atom is 0.248 e. The molecule has 1 saturated heterocycles. The summed E-state index contributed by atoms with van der Waals surface area (Å²) in [6, 6.07) is 0.191. The van der Waals surface area contributed by atoms with Crippen LogP contribution in [0.25, 0.3) is 0 Å². The molecular formula is C12H23NO3. The van der Waals surface area contributed by atoms with Gasteiger partial charge in [0.15, 0.2) is 0 Å². The van der Waals surface area contributed by atoms with Gasteiger partial charge in [0, 0.05) is 13.7 Å². The molecule has 0 spiro atoms. The molecule has 4 heteroatoms. The molecule has 4 nitrogen and oxygen atoms in total. The maximum atomic E-state index is 11.9. The third kappa shape index (κ3) is 3.76. The Labute approximate surface area is 97.9 Å². The van der Waals surface area contributed by atoms with Crippen LogP contribution in [0.3, 0.4) is 0 Å². The summed E-state index contributed by atoms with van der Waals surface area (Å²) in [6.07, 6.45) is 1.04. The van der Waals surface area contributed by atoms with E-state index in [9.17, 15) is 4.79 Å². The van der Waals surface area contributed by atoms with Crippen molar-refractivity contribution in [3.63, 3.8) is 0 Å². The zero-order valence-electron chi connectivity index (χ0n) is 10.9. The highest BCUT2D eigenvalue weighted by Crippen LogP contribution is 2.18. The molecule has 0 aromatic rings. The van der Waals surface area contributed by atoms with Crippen LogP contribution in [0.1, 0.15) is 34.1 Å². The van der Waals surface area contributed by atoms with E-state index in [1.54, 1.807) is 4.90 Å². The number of amides is 1. The van der Waals surface area contributed by atoms with Gasteiger partial charge in [-0.15, -0.1) is 0 Å².